The van der Waals surface area contributed by atoms with Crippen LogP contribution in [0.2, 0.25) is 0 Å². The minimum absolute atomic E-state index is 0.145. The van der Waals surface area contributed by atoms with Crippen LogP contribution in [0.4, 0.5) is 8.78 Å². The van der Waals surface area contributed by atoms with Crippen molar-refractivity contribution in [1.82, 2.24) is 19.7 Å². The number of nitrogens with zero attached hydrogens (tertiary/aromatic N) is 4. The third kappa shape index (κ3) is 2.88. The molecule has 0 radical (unpaired) electrons. The molecular weight excluding hydrogens is 290 g/mol. The van der Waals surface area contributed by atoms with Crippen molar-refractivity contribution in [3.8, 4) is 5.82 Å². The van der Waals surface area contributed by atoms with E-state index in [0.717, 1.165) is 12.1 Å². The monoisotopic (exact) mass is 300 g/mol. The van der Waals surface area contributed by atoms with E-state index in [-0.39, 0.29) is 17.8 Å². The highest BCUT2D eigenvalue weighted by atomic mass is 19.1. The molecule has 2 aromatic heterocycles. The standard InChI is InChI=1S/C15H10F2N4O/c16-12-3-1-10(13(17)6-12)5-14(22)11-2-4-15(19-7-11)21-9-18-8-20-21/h1-4,6-9H,5H2. The third-order valence-electron chi connectivity index (χ3n) is 3.09. The molecule has 0 N–H and O–H groups in total. The van der Waals surface area contributed by atoms with Gasteiger partial charge < -0.3 is 0 Å². The van der Waals surface area contributed by atoms with Crippen LogP contribution in [0.15, 0.2) is 49.2 Å². The summed E-state index contributed by atoms with van der Waals surface area (Å²) >= 11 is 0. The molecule has 0 fully saturated rings. The number of ketones is 1. The summed E-state index contributed by atoms with van der Waals surface area (Å²) in [7, 11) is 0. The smallest absolute Gasteiger partial charge is 0.168 e. The molecule has 1 aromatic carbocycles. The Morgan fingerprint density at radius 1 is 1.18 bits per heavy atom. The number of aromatic nitrogens is 4. The van der Waals surface area contributed by atoms with Crippen LogP contribution in [0.1, 0.15) is 15.9 Å². The summed E-state index contributed by atoms with van der Waals surface area (Å²) < 4.78 is 27.8. The molecule has 0 saturated heterocycles. The predicted molar refractivity (Wildman–Crippen MR) is 73.5 cm³/mol. The van der Waals surface area contributed by atoms with E-state index in [4.69, 9.17) is 0 Å². The number of rotatable bonds is 4. The number of pyridine rings is 1. The molecule has 0 amide bonds. The first-order valence-electron chi connectivity index (χ1n) is 6.41. The number of carbonyl (C=O) groups excluding carboxylic acids is 1. The van der Waals surface area contributed by atoms with Crippen molar-refractivity contribution in [2.24, 2.45) is 0 Å². The van der Waals surface area contributed by atoms with Crippen molar-refractivity contribution in [2.75, 3.05) is 0 Å². The average Bonchev–Trinajstić information content (AvgIpc) is 3.04. The van der Waals surface area contributed by atoms with Crippen LogP contribution < -0.4 is 0 Å². The van der Waals surface area contributed by atoms with Gasteiger partial charge in [0, 0.05) is 24.2 Å². The van der Waals surface area contributed by atoms with Gasteiger partial charge in [-0.05, 0) is 23.8 Å². The fourth-order valence-electron chi connectivity index (χ4n) is 1.95. The van der Waals surface area contributed by atoms with Gasteiger partial charge in [0.25, 0.3) is 0 Å². The molecule has 0 saturated carbocycles. The van der Waals surface area contributed by atoms with E-state index in [0.29, 0.717) is 11.4 Å². The fraction of sp³-hybridized carbons (Fsp3) is 0.0667. The van der Waals surface area contributed by atoms with Gasteiger partial charge in [0.2, 0.25) is 0 Å². The van der Waals surface area contributed by atoms with Crippen molar-refractivity contribution >= 4 is 5.78 Å². The van der Waals surface area contributed by atoms with Crippen molar-refractivity contribution < 1.29 is 13.6 Å². The maximum absolute atomic E-state index is 13.6. The van der Waals surface area contributed by atoms with Crippen LogP contribution in [-0.2, 0) is 6.42 Å². The Kier molecular flexibility index (Phi) is 3.69. The fourth-order valence-corrected chi connectivity index (χ4v) is 1.95. The van der Waals surface area contributed by atoms with Gasteiger partial charge in [-0.15, -0.1) is 0 Å². The highest BCUT2D eigenvalue weighted by molar-refractivity contribution is 5.97. The van der Waals surface area contributed by atoms with Gasteiger partial charge in [-0.1, -0.05) is 6.07 Å². The van der Waals surface area contributed by atoms with E-state index in [2.05, 4.69) is 15.1 Å². The van der Waals surface area contributed by atoms with Crippen LogP contribution >= 0.6 is 0 Å². The largest absolute Gasteiger partial charge is 0.294 e. The summed E-state index contributed by atoms with van der Waals surface area (Å²) in [6.45, 7) is 0. The molecule has 0 aliphatic heterocycles. The van der Waals surface area contributed by atoms with Crippen LogP contribution in [0, 0.1) is 11.6 Å². The van der Waals surface area contributed by atoms with Gasteiger partial charge in [0.05, 0.1) is 0 Å². The zero-order chi connectivity index (χ0) is 15.5. The van der Waals surface area contributed by atoms with Crippen LogP contribution in [-0.4, -0.2) is 25.5 Å². The molecule has 7 heteroatoms. The van der Waals surface area contributed by atoms with E-state index >= 15 is 0 Å². The Morgan fingerprint density at radius 2 is 2.05 bits per heavy atom. The summed E-state index contributed by atoms with van der Waals surface area (Å²) in [5.41, 5.74) is 0.486. The van der Waals surface area contributed by atoms with Crippen molar-refractivity contribution in [1.29, 1.82) is 0 Å². The van der Waals surface area contributed by atoms with Gasteiger partial charge in [-0.2, -0.15) is 5.10 Å². The minimum Gasteiger partial charge on any atom is -0.294 e. The second-order valence-corrected chi connectivity index (χ2v) is 4.58. The molecule has 0 bridgehead atoms. The second-order valence-electron chi connectivity index (χ2n) is 4.58. The van der Waals surface area contributed by atoms with E-state index < -0.39 is 11.6 Å². The number of Topliss-reactive ketones (excluding diaryl/α,β-unsaturated/α-hetero) is 1. The summed E-state index contributed by atoms with van der Waals surface area (Å²) in [4.78, 5) is 20.0. The number of carbonyl (C=O) groups is 1. The maximum Gasteiger partial charge on any atom is 0.168 e. The van der Waals surface area contributed by atoms with Crippen molar-refractivity contribution in [3.63, 3.8) is 0 Å². The lowest BCUT2D eigenvalue weighted by Crippen LogP contribution is -2.07. The maximum atomic E-state index is 13.6. The van der Waals surface area contributed by atoms with Crippen LogP contribution in [0.25, 0.3) is 5.82 Å². The molecule has 0 aliphatic rings. The van der Waals surface area contributed by atoms with Crippen LogP contribution in [0.5, 0.6) is 0 Å². The lowest BCUT2D eigenvalue weighted by molar-refractivity contribution is 0.0991. The summed E-state index contributed by atoms with van der Waals surface area (Å²) in [6.07, 6.45) is 4.09. The SMILES string of the molecule is O=C(Cc1ccc(F)cc1F)c1ccc(-n2cncn2)nc1. The van der Waals surface area contributed by atoms with Gasteiger partial charge in [-0.25, -0.2) is 23.4 Å². The van der Waals surface area contributed by atoms with Crippen molar-refractivity contribution in [3.05, 3.63) is 71.9 Å². The first-order chi connectivity index (χ1) is 10.6. The number of hydrogen-bond donors (Lipinski definition) is 0. The average molecular weight is 300 g/mol. The van der Waals surface area contributed by atoms with Crippen molar-refractivity contribution in [2.45, 2.75) is 6.42 Å². The number of hydrogen-bond acceptors (Lipinski definition) is 4. The normalized spacial score (nSPS) is 10.6. The van der Waals surface area contributed by atoms with E-state index in [1.165, 1.54) is 29.6 Å². The first-order valence-corrected chi connectivity index (χ1v) is 6.41. The predicted octanol–water partition coefficient (Wildman–Crippen LogP) is 2.37. The Labute approximate surface area is 124 Å². The van der Waals surface area contributed by atoms with Gasteiger partial charge >= 0.3 is 0 Å². The molecule has 0 aliphatic carbocycles. The first kappa shape index (κ1) is 14.0. The minimum atomic E-state index is -0.736. The lowest BCUT2D eigenvalue weighted by Gasteiger charge is -2.04. The Morgan fingerprint density at radius 3 is 2.68 bits per heavy atom. The molecule has 3 rings (SSSR count). The molecule has 110 valence electrons. The Balaban J connectivity index is 1.77. The summed E-state index contributed by atoms with van der Waals surface area (Å²) in [6, 6.07) is 6.34. The summed E-state index contributed by atoms with van der Waals surface area (Å²) in [5.74, 6) is -1.20. The van der Waals surface area contributed by atoms with E-state index in [1.807, 2.05) is 0 Å². The molecule has 5 nitrogen and oxygen atoms in total. The second kappa shape index (κ2) is 5.80. The zero-order valence-electron chi connectivity index (χ0n) is 11.3. The number of halogens is 2. The van der Waals surface area contributed by atoms with Gasteiger partial charge in [-0.3, -0.25) is 4.79 Å². The highest BCUT2D eigenvalue weighted by Crippen LogP contribution is 2.13. The Bertz CT molecular complexity index is 801. The lowest BCUT2D eigenvalue weighted by atomic mass is 10.0. The molecule has 3 aromatic rings. The topological polar surface area (TPSA) is 60.7 Å². The third-order valence-corrected chi connectivity index (χ3v) is 3.09. The Hall–Kier alpha value is -2.96. The van der Waals surface area contributed by atoms with E-state index in [1.54, 1.807) is 12.1 Å². The molecule has 0 spiro atoms. The van der Waals surface area contributed by atoms with Crippen LogP contribution in [0.3, 0.4) is 0 Å². The van der Waals surface area contributed by atoms with Gasteiger partial charge in [0.1, 0.15) is 24.3 Å². The molecular formula is C15H10F2N4O. The molecule has 2 heterocycles. The quantitative estimate of drug-likeness (QED) is 0.694. The zero-order valence-corrected chi connectivity index (χ0v) is 11.3. The summed E-state index contributed by atoms with van der Waals surface area (Å²) in [5, 5.41) is 3.92. The molecule has 0 atom stereocenters. The van der Waals surface area contributed by atoms with E-state index in [9.17, 15) is 13.6 Å². The molecule has 0 unspecified atom stereocenters. The molecule has 22 heavy (non-hydrogen) atoms. The highest BCUT2D eigenvalue weighted by Gasteiger charge is 2.12. The van der Waals surface area contributed by atoms with Gasteiger partial charge in [0.15, 0.2) is 11.6 Å². The number of benzene rings is 1.